The van der Waals surface area contributed by atoms with Gasteiger partial charge in [-0.3, -0.25) is 9.59 Å². The lowest BCUT2D eigenvalue weighted by Crippen LogP contribution is -2.40. The van der Waals surface area contributed by atoms with E-state index < -0.39 is 6.04 Å². The lowest BCUT2D eigenvalue weighted by molar-refractivity contribution is -0.134. The Morgan fingerprint density at radius 1 is 1.20 bits per heavy atom. The van der Waals surface area contributed by atoms with Gasteiger partial charge in [0.15, 0.2) is 0 Å². The predicted molar refractivity (Wildman–Crippen MR) is 95.0 cm³/mol. The summed E-state index contributed by atoms with van der Waals surface area (Å²) in [6.07, 6.45) is 0.257. The SMILES string of the molecule is Cc1noc(C)c1C(C)CC(=O)NC(C(=O)N(C)C)c1ccccc1. The Hall–Kier alpha value is -2.63. The maximum atomic E-state index is 12.5. The van der Waals surface area contributed by atoms with Crippen molar-refractivity contribution in [2.45, 2.75) is 39.2 Å². The van der Waals surface area contributed by atoms with Gasteiger partial charge in [0.2, 0.25) is 11.8 Å². The first-order valence-corrected chi connectivity index (χ1v) is 8.29. The molecule has 6 nitrogen and oxygen atoms in total. The van der Waals surface area contributed by atoms with E-state index in [1.807, 2.05) is 51.1 Å². The molecule has 0 aliphatic heterocycles. The first-order chi connectivity index (χ1) is 11.8. The molecule has 0 aliphatic carbocycles. The number of likely N-dealkylation sites (N-methyl/N-ethyl adjacent to an activating group) is 1. The Balaban J connectivity index is 2.13. The highest BCUT2D eigenvalue weighted by Gasteiger charge is 2.26. The molecule has 0 radical (unpaired) electrons. The van der Waals surface area contributed by atoms with Crippen LogP contribution in [-0.4, -0.2) is 36.0 Å². The molecule has 2 rings (SSSR count). The van der Waals surface area contributed by atoms with Crippen molar-refractivity contribution < 1.29 is 14.1 Å². The lowest BCUT2D eigenvalue weighted by Gasteiger charge is -2.23. The third-order valence-corrected chi connectivity index (χ3v) is 4.20. The summed E-state index contributed by atoms with van der Waals surface area (Å²) in [5, 5.41) is 6.80. The van der Waals surface area contributed by atoms with Crippen LogP contribution in [0.5, 0.6) is 0 Å². The number of rotatable bonds is 6. The standard InChI is InChI=1S/C19H25N3O3/c1-12(17-13(2)21-25-14(17)3)11-16(23)20-18(19(24)22(4)5)15-9-7-6-8-10-15/h6-10,12,18H,11H2,1-5H3,(H,20,23). The molecule has 0 bridgehead atoms. The summed E-state index contributed by atoms with van der Waals surface area (Å²) in [6.45, 7) is 5.66. The molecule has 1 heterocycles. The maximum absolute atomic E-state index is 12.5. The Bertz CT molecular complexity index is 718. The van der Waals surface area contributed by atoms with E-state index in [0.29, 0.717) is 0 Å². The summed E-state index contributed by atoms with van der Waals surface area (Å²) in [6, 6.07) is 8.56. The number of aryl methyl sites for hydroxylation is 2. The molecule has 1 N–H and O–H groups in total. The highest BCUT2D eigenvalue weighted by molar-refractivity contribution is 5.88. The monoisotopic (exact) mass is 343 g/mol. The molecule has 25 heavy (non-hydrogen) atoms. The zero-order chi connectivity index (χ0) is 18.6. The van der Waals surface area contributed by atoms with E-state index in [2.05, 4.69) is 10.5 Å². The molecule has 2 aromatic rings. The van der Waals surface area contributed by atoms with Gasteiger partial charge in [-0.15, -0.1) is 0 Å². The van der Waals surface area contributed by atoms with Crippen LogP contribution in [0.3, 0.4) is 0 Å². The number of aromatic nitrogens is 1. The smallest absolute Gasteiger partial charge is 0.249 e. The molecule has 2 unspecified atom stereocenters. The summed E-state index contributed by atoms with van der Waals surface area (Å²) < 4.78 is 5.18. The molecule has 0 spiro atoms. The van der Waals surface area contributed by atoms with Crippen LogP contribution in [0, 0.1) is 13.8 Å². The van der Waals surface area contributed by atoms with Gasteiger partial charge in [0, 0.05) is 26.1 Å². The van der Waals surface area contributed by atoms with E-state index in [9.17, 15) is 9.59 Å². The number of carbonyl (C=O) groups is 2. The van der Waals surface area contributed by atoms with E-state index in [-0.39, 0.29) is 24.2 Å². The highest BCUT2D eigenvalue weighted by atomic mass is 16.5. The van der Waals surface area contributed by atoms with Crippen LogP contribution >= 0.6 is 0 Å². The quantitative estimate of drug-likeness (QED) is 0.875. The van der Waals surface area contributed by atoms with Crippen molar-refractivity contribution in [1.29, 1.82) is 0 Å². The number of nitrogens with zero attached hydrogens (tertiary/aromatic N) is 2. The maximum Gasteiger partial charge on any atom is 0.249 e. The molecule has 1 aromatic heterocycles. The second-order valence-electron chi connectivity index (χ2n) is 6.49. The predicted octanol–water partition coefficient (Wildman–Crippen LogP) is 2.73. The van der Waals surface area contributed by atoms with Gasteiger partial charge in [0.1, 0.15) is 11.8 Å². The third kappa shape index (κ3) is 4.47. The topological polar surface area (TPSA) is 75.4 Å². The van der Waals surface area contributed by atoms with Crippen molar-refractivity contribution in [2.75, 3.05) is 14.1 Å². The molecule has 0 saturated heterocycles. The van der Waals surface area contributed by atoms with Gasteiger partial charge in [-0.1, -0.05) is 42.4 Å². The van der Waals surface area contributed by atoms with Crippen molar-refractivity contribution in [3.05, 3.63) is 52.9 Å². The van der Waals surface area contributed by atoms with Gasteiger partial charge in [0.05, 0.1) is 5.69 Å². The van der Waals surface area contributed by atoms with Crippen molar-refractivity contribution >= 4 is 11.8 Å². The number of amides is 2. The fourth-order valence-corrected chi connectivity index (χ4v) is 2.99. The van der Waals surface area contributed by atoms with Crippen LogP contribution in [-0.2, 0) is 9.59 Å². The average Bonchev–Trinajstić information content (AvgIpc) is 2.91. The Kier molecular flexibility index (Phi) is 5.96. The molecule has 1 aromatic carbocycles. The van der Waals surface area contributed by atoms with E-state index in [4.69, 9.17) is 4.52 Å². The molecular formula is C19H25N3O3. The van der Waals surface area contributed by atoms with Crippen LogP contribution in [0.2, 0.25) is 0 Å². The Morgan fingerprint density at radius 3 is 2.36 bits per heavy atom. The molecule has 2 amide bonds. The zero-order valence-electron chi connectivity index (χ0n) is 15.4. The molecule has 2 atom stereocenters. The summed E-state index contributed by atoms with van der Waals surface area (Å²) in [7, 11) is 3.35. The zero-order valence-corrected chi connectivity index (χ0v) is 15.4. The second-order valence-corrected chi connectivity index (χ2v) is 6.49. The van der Waals surface area contributed by atoms with Gasteiger partial charge in [-0.05, 0) is 25.3 Å². The minimum absolute atomic E-state index is 0.0443. The second kappa shape index (κ2) is 7.96. The van der Waals surface area contributed by atoms with Gasteiger partial charge in [-0.25, -0.2) is 0 Å². The normalized spacial score (nSPS) is 13.2. The molecule has 134 valence electrons. The number of nitrogens with one attached hydrogen (secondary N) is 1. The first-order valence-electron chi connectivity index (χ1n) is 8.29. The molecule has 0 fully saturated rings. The van der Waals surface area contributed by atoms with Crippen LogP contribution in [0.25, 0.3) is 0 Å². The summed E-state index contributed by atoms with van der Waals surface area (Å²) in [5.41, 5.74) is 2.51. The Labute approximate surface area is 148 Å². The lowest BCUT2D eigenvalue weighted by atomic mass is 9.95. The van der Waals surface area contributed by atoms with Crippen molar-refractivity contribution in [1.82, 2.24) is 15.4 Å². The molecule has 0 saturated carbocycles. The van der Waals surface area contributed by atoms with Gasteiger partial charge in [0.25, 0.3) is 0 Å². The molecule has 0 aliphatic rings. The van der Waals surface area contributed by atoms with Crippen molar-refractivity contribution in [2.24, 2.45) is 0 Å². The average molecular weight is 343 g/mol. The van der Waals surface area contributed by atoms with Crippen LogP contribution in [0.1, 0.15) is 47.9 Å². The number of hydrogen-bond acceptors (Lipinski definition) is 4. The summed E-state index contributed by atoms with van der Waals surface area (Å²) in [4.78, 5) is 26.5. The highest BCUT2D eigenvalue weighted by Crippen LogP contribution is 2.26. The summed E-state index contributed by atoms with van der Waals surface area (Å²) in [5.74, 6) is 0.333. The first kappa shape index (κ1) is 18.7. The minimum Gasteiger partial charge on any atom is -0.361 e. The fourth-order valence-electron chi connectivity index (χ4n) is 2.99. The molecular weight excluding hydrogens is 318 g/mol. The van der Waals surface area contributed by atoms with Crippen molar-refractivity contribution in [3.8, 4) is 0 Å². The molecule has 6 heteroatoms. The van der Waals surface area contributed by atoms with Gasteiger partial charge < -0.3 is 14.7 Å². The van der Waals surface area contributed by atoms with E-state index in [1.54, 1.807) is 14.1 Å². The minimum atomic E-state index is -0.694. The van der Waals surface area contributed by atoms with Crippen LogP contribution < -0.4 is 5.32 Å². The van der Waals surface area contributed by atoms with Gasteiger partial charge >= 0.3 is 0 Å². The van der Waals surface area contributed by atoms with E-state index in [1.165, 1.54) is 4.90 Å². The third-order valence-electron chi connectivity index (χ3n) is 4.20. The number of benzene rings is 1. The fraction of sp³-hybridized carbons (Fsp3) is 0.421. The Morgan fingerprint density at radius 2 is 1.84 bits per heavy atom. The van der Waals surface area contributed by atoms with Crippen LogP contribution in [0.15, 0.2) is 34.9 Å². The van der Waals surface area contributed by atoms with Crippen LogP contribution in [0.4, 0.5) is 0 Å². The van der Waals surface area contributed by atoms with E-state index in [0.717, 1.165) is 22.6 Å². The number of hydrogen-bond donors (Lipinski definition) is 1. The van der Waals surface area contributed by atoms with E-state index >= 15 is 0 Å². The number of carbonyl (C=O) groups excluding carboxylic acids is 2. The van der Waals surface area contributed by atoms with Crippen molar-refractivity contribution in [3.63, 3.8) is 0 Å². The van der Waals surface area contributed by atoms with Gasteiger partial charge in [-0.2, -0.15) is 0 Å². The largest absolute Gasteiger partial charge is 0.361 e. The summed E-state index contributed by atoms with van der Waals surface area (Å²) >= 11 is 0.